The normalized spacial score (nSPS) is 14.4. The molecule has 0 bridgehead atoms. The van der Waals surface area contributed by atoms with E-state index in [4.69, 9.17) is 16.3 Å². The second-order valence-corrected chi connectivity index (χ2v) is 5.69. The second kappa shape index (κ2) is 7.05. The standard InChI is InChI=1S/C17H14ClF2NO3/c18-14-3-1-2-4-15(14)23-13-9-21(10-13)16(22)11-5-7-12(8-6-11)24-17(19)20/h1-8,13,17H,9-10H2. The third kappa shape index (κ3) is 3.76. The summed E-state index contributed by atoms with van der Waals surface area (Å²) in [6, 6.07) is 12.8. The molecular weight excluding hydrogens is 340 g/mol. The fraction of sp³-hybridized carbons (Fsp3) is 0.235. The van der Waals surface area contributed by atoms with E-state index < -0.39 is 6.61 Å². The summed E-state index contributed by atoms with van der Waals surface area (Å²) in [6.45, 7) is -2.00. The molecule has 3 rings (SSSR count). The molecule has 0 aromatic heterocycles. The number of likely N-dealkylation sites (tertiary alicyclic amines) is 1. The van der Waals surface area contributed by atoms with Crippen molar-refractivity contribution >= 4 is 17.5 Å². The molecule has 7 heteroatoms. The van der Waals surface area contributed by atoms with Gasteiger partial charge in [0, 0.05) is 5.56 Å². The van der Waals surface area contributed by atoms with Crippen LogP contribution < -0.4 is 9.47 Å². The maximum absolute atomic E-state index is 12.3. The van der Waals surface area contributed by atoms with Gasteiger partial charge in [-0.25, -0.2) is 0 Å². The molecule has 0 unspecified atom stereocenters. The molecule has 2 aromatic carbocycles. The Labute approximate surface area is 142 Å². The number of nitrogens with zero attached hydrogens (tertiary/aromatic N) is 1. The van der Waals surface area contributed by atoms with Crippen LogP contribution in [-0.2, 0) is 0 Å². The lowest BCUT2D eigenvalue weighted by atomic mass is 10.1. The molecule has 0 N–H and O–H groups in total. The topological polar surface area (TPSA) is 38.8 Å². The minimum absolute atomic E-state index is 0.0186. The number of carbonyl (C=O) groups excluding carboxylic acids is 1. The highest BCUT2D eigenvalue weighted by atomic mass is 35.5. The van der Waals surface area contributed by atoms with Gasteiger partial charge in [0.2, 0.25) is 0 Å². The molecule has 126 valence electrons. The lowest BCUT2D eigenvalue weighted by Gasteiger charge is -2.39. The first kappa shape index (κ1) is 16.5. The number of hydrogen-bond acceptors (Lipinski definition) is 3. The summed E-state index contributed by atoms with van der Waals surface area (Å²) in [6.07, 6.45) is -0.115. The number of ether oxygens (including phenoxy) is 2. The van der Waals surface area contributed by atoms with Gasteiger partial charge in [-0.1, -0.05) is 23.7 Å². The number of halogens is 3. The zero-order valence-electron chi connectivity index (χ0n) is 12.5. The molecule has 24 heavy (non-hydrogen) atoms. The predicted molar refractivity (Wildman–Crippen MR) is 84.8 cm³/mol. The Hall–Kier alpha value is -2.34. The van der Waals surface area contributed by atoms with E-state index in [1.54, 1.807) is 17.0 Å². The molecule has 0 radical (unpaired) electrons. The summed E-state index contributed by atoms with van der Waals surface area (Å²) in [4.78, 5) is 13.9. The number of alkyl halides is 2. The van der Waals surface area contributed by atoms with Crippen molar-refractivity contribution in [2.75, 3.05) is 13.1 Å². The predicted octanol–water partition coefficient (Wildman–Crippen LogP) is 3.84. The fourth-order valence-corrected chi connectivity index (χ4v) is 2.54. The van der Waals surface area contributed by atoms with Gasteiger partial charge < -0.3 is 14.4 Å². The van der Waals surface area contributed by atoms with Crippen LogP contribution in [0.1, 0.15) is 10.4 Å². The van der Waals surface area contributed by atoms with Crippen molar-refractivity contribution in [1.82, 2.24) is 4.90 Å². The van der Waals surface area contributed by atoms with E-state index in [2.05, 4.69) is 4.74 Å². The van der Waals surface area contributed by atoms with Gasteiger partial charge >= 0.3 is 6.61 Å². The molecular formula is C17H14ClF2NO3. The average Bonchev–Trinajstić information content (AvgIpc) is 2.51. The summed E-state index contributed by atoms with van der Waals surface area (Å²) in [5.41, 5.74) is 0.410. The Morgan fingerprint density at radius 3 is 2.42 bits per heavy atom. The van der Waals surface area contributed by atoms with E-state index in [9.17, 15) is 13.6 Å². The highest BCUT2D eigenvalue weighted by molar-refractivity contribution is 6.32. The van der Waals surface area contributed by atoms with Crippen LogP contribution in [0, 0.1) is 0 Å². The third-order valence-corrected chi connectivity index (χ3v) is 3.90. The van der Waals surface area contributed by atoms with Gasteiger partial charge in [0.25, 0.3) is 5.91 Å². The molecule has 0 spiro atoms. The van der Waals surface area contributed by atoms with Gasteiger partial charge in [-0.3, -0.25) is 4.79 Å². The first-order valence-corrected chi connectivity index (χ1v) is 7.66. The molecule has 2 aromatic rings. The first-order chi connectivity index (χ1) is 11.5. The molecule has 1 heterocycles. The van der Waals surface area contributed by atoms with Crippen LogP contribution in [0.4, 0.5) is 8.78 Å². The summed E-state index contributed by atoms with van der Waals surface area (Å²) in [5.74, 6) is 0.424. The monoisotopic (exact) mass is 353 g/mol. The van der Waals surface area contributed by atoms with E-state index >= 15 is 0 Å². The minimum Gasteiger partial charge on any atom is -0.485 e. The Kier molecular flexibility index (Phi) is 4.85. The molecule has 1 aliphatic rings. The largest absolute Gasteiger partial charge is 0.485 e. The van der Waals surface area contributed by atoms with E-state index in [-0.39, 0.29) is 17.8 Å². The van der Waals surface area contributed by atoms with E-state index in [0.717, 1.165) is 0 Å². The van der Waals surface area contributed by atoms with Crippen molar-refractivity contribution in [2.24, 2.45) is 0 Å². The second-order valence-electron chi connectivity index (χ2n) is 5.28. The van der Waals surface area contributed by atoms with Crippen LogP contribution in [0.5, 0.6) is 11.5 Å². The summed E-state index contributed by atoms with van der Waals surface area (Å²) in [7, 11) is 0. The van der Waals surface area contributed by atoms with Crippen molar-refractivity contribution in [2.45, 2.75) is 12.7 Å². The molecule has 0 atom stereocenters. The van der Waals surface area contributed by atoms with E-state index in [1.807, 2.05) is 12.1 Å². The smallest absolute Gasteiger partial charge is 0.387 e. The molecule has 0 saturated carbocycles. The lowest BCUT2D eigenvalue weighted by Crippen LogP contribution is -2.56. The van der Waals surface area contributed by atoms with Gasteiger partial charge in [-0.2, -0.15) is 8.78 Å². The maximum atomic E-state index is 12.3. The number of rotatable bonds is 5. The highest BCUT2D eigenvalue weighted by Gasteiger charge is 2.33. The molecule has 0 aliphatic carbocycles. The van der Waals surface area contributed by atoms with E-state index in [0.29, 0.717) is 29.4 Å². The quantitative estimate of drug-likeness (QED) is 0.819. The van der Waals surface area contributed by atoms with E-state index in [1.165, 1.54) is 24.3 Å². The van der Waals surface area contributed by atoms with Crippen LogP contribution in [0.3, 0.4) is 0 Å². The SMILES string of the molecule is O=C(c1ccc(OC(F)F)cc1)N1CC(Oc2ccccc2Cl)C1. The molecule has 1 saturated heterocycles. The van der Waals surface area contributed by atoms with Crippen LogP contribution in [0.15, 0.2) is 48.5 Å². The van der Waals surface area contributed by atoms with Crippen LogP contribution in [-0.4, -0.2) is 36.6 Å². The Bertz CT molecular complexity index is 718. The maximum Gasteiger partial charge on any atom is 0.387 e. The number of amides is 1. The van der Waals surface area contributed by atoms with Gasteiger partial charge in [0.05, 0.1) is 18.1 Å². The number of carbonyl (C=O) groups is 1. The number of para-hydroxylation sites is 1. The summed E-state index contributed by atoms with van der Waals surface area (Å²) >= 11 is 6.02. The number of benzene rings is 2. The van der Waals surface area contributed by atoms with Gasteiger partial charge in [-0.15, -0.1) is 0 Å². The van der Waals surface area contributed by atoms with Crippen LogP contribution in [0.25, 0.3) is 0 Å². The van der Waals surface area contributed by atoms with Gasteiger partial charge in [-0.05, 0) is 36.4 Å². The zero-order chi connectivity index (χ0) is 17.1. The van der Waals surface area contributed by atoms with Crippen molar-refractivity contribution < 1.29 is 23.0 Å². The van der Waals surface area contributed by atoms with Crippen molar-refractivity contribution in [3.63, 3.8) is 0 Å². The van der Waals surface area contributed by atoms with Gasteiger partial charge in [0.15, 0.2) is 0 Å². The minimum atomic E-state index is -2.88. The summed E-state index contributed by atoms with van der Waals surface area (Å²) < 4.78 is 34.2. The van der Waals surface area contributed by atoms with Crippen molar-refractivity contribution in [3.05, 3.63) is 59.1 Å². The third-order valence-electron chi connectivity index (χ3n) is 3.59. The Morgan fingerprint density at radius 2 is 1.79 bits per heavy atom. The highest BCUT2D eigenvalue weighted by Crippen LogP contribution is 2.27. The van der Waals surface area contributed by atoms with Crippen LogP contribution in [0.2, 0.25) is 5.02 Å². The summed E-state index contributed by atoms with van der Waals surface area (Å²) in [5, 5.41) is 0.525. The lowest BCUT2D eigenvalue weighted by molar-refractivity contribution is -0.0498. The molecule has 4 nitrogen and oxygen atoms in total. The zero-order valence-corrected chi connectivity index (χ0v) is 13.2. The fourth-order valence-electron chi connectivity index (χ4n) is 2.36. The first-order valence-electron chi connectivity index (χ1n) is 7.28. The van der Waals surface area contributed by atoms with Crippen molar-refractivity contribution in [3.8, 4) is 11.5 Å². The molecule has 1 fully saturated rings. The van der Waals surface area contributed by atoms with Gasteiger partial charge in [0.1, 0.15) is 17.6 Å². The Balaban J connectivity index is 1.54. The molecule has 1 amide bonds. The Morgan fingerprint density at radius 1 is 1.12 bits per heavy atom. The average molecular weight is 354 g/mol. The van der Waals surface area contributed by atoms with Crippen LogP contribution >= 0.6 is 11.6 Å². The van der Waals surface area contributed by atoms with Crippen molar-refractivity contribution in [1.29, 1.82) is 0 Å². The molecule has 1 aliphatic heterocycles. The number of hydrogen-bond donors (Lipinski definition) is 0.